The molecule has 0 saturated carbocycles. The number of hydrogen-bond acceptors (Lipinski definition) is 4. The summed E-state index contributed by atoms with van der Waals surface area (Å²) in [5, 5.41) is 9.88. The van der Waals surface area contributed by atoms with Crippen LogP contribution in [0.25, 0.3) is 5.69 Å². The number of aryl methyl sites for hydroxylation is 1. The summed E-state index contributed by atoms with van der Waals surface area (Å²) >= 11 is 0. The van der Waals surface area contributed by atoms with E-state index in [1.54, 1.807) is 35.1 Å². The van der Waals surface area contributed by atoms with Crippen LogP contribution < -0.4 is 15.4 Å². The Morgan fingerprint density at radius 3 is 2.55 bits per heavy atom. The van der Waals surface area contributed by atoms with Gasteiger partial charge in [0.15, 0.2) is 6.61 Å². The zero-order valence-corrected chi connectivity index (χ0v) is 16.7. The van der Waals surface area contributed by atoms with Gasteiger partial charge in [-0.1, -0.05) is 12.1 Å². The van der Waals surface area contributed by atoms with Crippen molar-refractivity contribution in [2.24, 2.45) is 0 Å². The number of rotatable bonds is 7. The van der Waals surface area contributed by atoms with Gasteiger partial charge < -0.3 is 15.4 Å². The average Bonchev–Trinajstić information content (AvgIpc) is 3.09. The molecule has 1 heterocycles. The molecule has 0 aliphatic heterocycles. The Morgan fingerprint density at radius 2 is 1.86 bits per heavy atom. The normalized spacial score (nSPS) is 10.4. The molecule has 2 amide bonds. The second-order valence-electron chi connectivity index (χ2n) is 6.62. The van der Waals surface area contributed by atoms with Gasteiger partial charge in [0, 0.05) is 12.2 Å². The van der Waals surface area contributed by atoms with E-state index < -0.39 is 0 Å². The van der Waals surface area contributed by atoms with Crippen LogP contribution in [0.1, 0.15) is 28.5 Å². The number of carbonyl (C=O) groups is 2. The topological polar surface area (TPSA) is 85.2 Å². The van der Waals surface area contributed by atoms with E-state index in [0.717, 1.165) is 16.9 Å². The largest absolute Gasteiger partial charge is 0.484 e. The molecule has 3 rings (SSSR count). The van der Waals surface area contributed by atoms with Crippen molar-refractivity contribution in [3.05, 3.63) is 71.5 Å². The average molecular weight is 392 g/mol. The van der Waals surface area contributed by atoms with Crippen molar-refractivity contribution in [2.45, 2.75) is 20.8 Å². The molecule has 7 heteroatoms. The van der Waals surface area contributed by atoms with Crippen molar-refractivity contribution in [3.63, 3.8) is 0 Å². The van der Waals surface area contributed by atoms with E-state index >= 15 is 0 Å². The summed E-state index contributed by atoms with van der Waals surface area (Å²) in [5.74, 6) is 0.140. The maximum Gasteiger partial charge on any atom is 0.259 e. The molecule has 0 spiro atoms. The third kappa shape index (κ3) is 5.01. The van der Waals surface area contributed by atoms with Crippen LogP contribution in [0, 0.1) is 13.8 Å². The molecule has 0 unspecified atom stereocenters. The van der Waals surface area contributed by atoms with Crippen LogP contribution in [0.2, 0.25) is 0 Å². The standard InChI is InChI=1S/C22H24N4O3/c1-4-23-21(27)14-29-19-10-8-17(9-11-19)25-22(28)20-13-24-26(16(20)3)18-7-5-6-15(2)12-18/h5-13H,4,14H2,1-3H3,(H,23,27)(H,25,28). The fraction of sp³-hybridized carbons (Fsp3) is 0.227. The Morgan fingerprint density at radius 1 is 1.10 bits per heavy atom. The molecule has 0 saturated heterocycles. The predicted molar refractivity (Wildman–Crippen MR) is 112 cm³/mol. The Kier molecular flexibility index (Phi) is 6.29. The fourth-order valence-corrected chi connectivity index (χ4v) is 2.88. The monoisotopic (exact) mass is 392 g/mol. The van der Waals surface area contributed by atoms with Gasteiger partial charge in [0.25, 0.3) is 11.8 Å². The highest BCUT2D eigenvalue weighted by molar-refractivity contribution is 6.05. The quantitative estimate of drug-likeness (QED) is 0.646. The van der Waals surface area contributed by atoms with E-state index in [-0.39, 0.29) is 18.4 Å². The van der Waals surface area contributed by atoms with Crippen molar-refractivity contribution in [1.82, 2.24) is 15.1 Å². The third-order valence-electron chi connectivity index (χ3n) is 4.36. The molecule has 1 aromatic heterocycles. The molecule has 0 aliphatic carbocycles. The predicted octanol–water partition coefficient (Wildman–Crippen LogP) is 3.26. The van der Waals surface area contributed by atoms with Gasteiger partial charge in [-0.15, -0.1) is 0 Å². The SMILES string of the molecule is CCNC(=O)COc1ccc(NC(=O)c2cnn(-c3cccc(C)c3)c2C)cc1. The van der Waals surface area contributed by atoms with E-state index in [1.807, 2.05) is 45.0 Å². The first-order chi connectivity index (χ1) is 14.0. The van der Waals surface area contributed by atoms with Crippen LogP contribution in [-0.4, -0.2) is 34.7 Å². The van der Waals surface area contributed by atoms with Gasteiger partial charge in [-0.2, -0.15) is 5.10 Å². The van der Waals surface area contributed by atoms with E-state index in [4.69, 9.17) is 4.74 Å². The third-order valence-corrected chi connectivity index (χ3v) is 4.36. The lowest BCUT2D eigenvalue weighted by Crippen LogP contribution is -2.28. The summed E-state index contributed by atoms with van der Waals surface area (Å²) in [6, 6.07) is 14.8. The number of aromatic nitrogens is 2. The molecular weight excluding hydrogens is 368 g/mol. The van der Waals surface area contributed by atoms with Gasteiger partial charge in [-0.25, -0.2) is 4.68 Å². The number of ether oxygens (including phenoxy) is 1. The van der Waals surface area contributed by atoms with Crippen LogP contribution in [0.4, 0.5) is 5.69 Å². The lowest BCUT2D eigenvalue weighted by molar-refractivity contribution is -0.122. The van der Waals surface area contributed by atoms with Crippen molar-refractivity contribution in [1.29, 1.82) is 0 Å². The summed E-state index contributed by atoms with van der Waals surface area (Å²) in [6.45, 7) is 6.24. The second-order valence-corrected chi connectivity index (χ2v) is 6.62. The van der Waals surface area contributed by atoms with E-state index in [1.165, 1.54) is 0 Å². The molecule has 3 aromatic rings. The Hall–Kier alpha value is -3.61. The highest BCUT2D eigenvalue weighted by Crippen LogP contribution is 2.19. The molecule has 2 N–H and O–H groups in total. The summed E-state index contributed by atoms with van der Waals surface area (Å²) < 4.78 is 7.16. The van der Waals surface area contributed by atoms with Crippen LogP contribution in [0.15, 0.2) is 54.7 Å². The highest BCUT2D eigenvalue weighted by atomic mass is 16.5. The first kappa shape index (κ1) is 20.1. The van der Waals surface area contributed by atoms with E-state index in [9.17, 15) is 9.59 Å². The van der Waals surface area contributed by atoms with Gasteiger partial charge >= 0.3 is 0 Å². The molecule has 29 heavy (non-hydrogen) atoms. The zero-order chi connectivity index (χ0) is 20.8. The molecule has 0 fully saturated rings. The number of hydrogen-bond donors (Lipinski definition) is 2. The Balaban J connectivity index is 1.65. The number of carbonyl (C=O) groups excluding carboxylic acids is 2. The minimum Gasteiger partial charge on any atom is -0.484 e. The molecule has 7 nitrogen and oxygen atoms in total. The van der Waals surface area contributed by atoms with Gasteiger partial charge in [0.1, 0.15) is 5.75 Å². The number of anilines is 1. The number of likely N-dealkylation sites (N-methyl/N-ethyl adjacent to an activating group) is 1. The molecule has 0 bridgehead atoms. The van der Waals surface area contributed by atoms with Crippen LogP contribution >= 0.6 is 0 Å². The van der Waals surface area contributed by atoms with Gasteiger partial charge in [0.05, 0.1) is 23.1 Å². The van der Waals surface area contributed by atoms with Crippen molar-refractivity contribution in [3.8, 4) is 11.4 Å². The van der Waals surface area contributed by atoms with Crippen LogP contribution in [-0.2, 0) is 4.79 Å². The Bertz CT molecular complexity index is 1010. The van der Waals surface area contributed by atoms with Crippen molar-refractivity contribution < 1.29 is 14.3 Å². The molecule has 0 aliphatic rings. The number of nitrogens with one attached hydrogen (secondary N) is 2. The van der Waals surface area contributed by atoms with Gasteiger partial charge in [0.2, 0.25) is 0 Å². The van der Waals surface area contributed by atoms with E-state index in [0.29, 0.717) is 23.5 Å². The smallest absolute Gasteiger partial charge is 0.259 e. The summed E-state index contributed by atoms with van der Waals surface area (Å²) in [4.78, 5) is 24.1. The summed E-state index contributed by atoms with van der Waals surface area (Å²) in [7, 11) is 0. The van der Waals surface area contributed by atoms with Crippen molar-refractivity contribution >= 4 is 17.5 Å². The maximum atomic E-state index is 12.7. The molecule has 0 atom stereocenters. The van der Waals surface area contributed by atoms with Gasteiger partial charge in [-0.05, 0) is 62.7 Å². The molecule has 0 radical (unpaired) electrons. The maximum absolute atomic E-state index is 12.7. The van der Waals surface area contributed by atoms with Crippen LogP contribution in [0.5, 0.6) is 5.75 Å². The summed E-state index contributed by atoms with van der Waals surface area (Å²) in [6.07, 6.45) is 1.57. The summed E-state index contributed by atoms with van der Waals surface area (Å²) in [5.41, 5.74) is 3.93. The number of benzene rings is 2. The van der Waals surface area contributed by atoms with Crippen LogP contribution in [0.3, 0.4) is 0 Å². The fourth-order valence-electron chi connectivity index (χ4n) is 2.88. The molecular formula is C22H24N4O3. The Labute approximate surface area is 169 Å². The first-order valence-electron chi connectivity index (χ1n) is 9.40. The number of nitrogens with zero attached hydrogens (tertiary/aromatic N) is 2. The number of amides is 2. The first-order valence-corrected chi connectivity index (χ1v) is 9.40. The lowest BCUT2D eigenvalue weighted by atomic mass is 10.2. The molecule has 150 valence electrons. The highest BCUT2D eigenvalue weighted by Gasteiger charge is 2.15. The van der Waals surface area contributed by atoms with E-state index in [2.05, 4.69) is 15.7 Å². The minimum absolute atomic E-state index is 0.0448. The second kappa shape index (κ2) is 9.05. The zero-order valence-electron chi connectivity index (χ0n) is 16.7. The lowest BCUT2D eigenvalue weighted by Gasteiger charge is -2.09. The van der Waals surface area contributed by atoms with Crippen molar-refractivity contribution in [2.75, 3.05) is 18.5 Å². The van der Waals surface area contributed by atoms with Gasteiger partial charge in [-0.3, -0.25) is 9.59 Å². The minimum atomic E-state index is -0.239. The molecule has 2 aromatic carbocycles.